The minimum absolute atomic E-state index is 0.522. The molecule has 3 heteroatoms. The SMILES string of the molecule is CCCC/C(=C/O)O/C(=C\O)CCCC. The maximum absolute atomic E-state index is 8.93. The van der Waals surface area contributed by atoms with Crippen LogP contribution >= 0.6 is 0 Å². The van der Waals surface area contributed by atoms with E-state index < -0.39 is 0 Å². The Morgan fingerprint density at radius 3 is 1.60 bits per heavy atom. The molecular formula is C12H22O3. The van der Waals surface area contributed by atoms with Crippen LogP contribution in [0.25, 0.3) is 0 Å². The molecule has 3 nitrogen and oxygen atoms in total. The Bertz CT molecular complexity index is 185. The van der Waals surface area contributed by atoms with Gasteiger partial charge in [-0.25, -0.2) is 0 Å². The third kappa shape index (κ3) is 6.89. The third-order valence-corrected chi connectivity index (χ3v) is 2.10. The number of rotatable bonds is 8. The quantitative estimate of drug-likeness (QED) is 0.596. The zero-order chi connectivity index (χ0) is 11.5. The molecule has 0 unspecified atom stereocenters. The molecule has 88 valence electrons. The Labute approximate surface area is 92.1 Å². The fourth-order valence-electron chi connectivity index (χ4n) is 1.15. The molecule has 0 heterocycles. The van der Waals surface area contributed by atoms with E-state index in [1.807, 2.05) is 0 Å². The molecule has 0 saturated heterocycles. The summed E-state index contributed by atoms with van der Waals surface area (Å²) in [7, 11) is 0. The fraction of sp³-hybridized carbons (Fsp3) is 0.667. The lowest BCUT2D eigenvalue weighted by molar-refractivity contribution is 0.239. The molecule has 2 N–H and O–H groups in total. The molecule has 0 aromatic heterocycles. The molecule has 0 rings (SSSR count). The molecule has 0 spiro atoms. The second-order valence-electron chi connectivity index (χ2n) is 3.50. The van der Waals surface area contributed by atoms with Crippen LogP contribution in [0.3, 0.4) is 0 Å². The van der Waals surface area contributed by atoms with Gasteiger partial charge in [0.15, 0.2) is 0 Å². The summed E-state index contributed by atoms with van der Waals surface area (Å²) in [4.78, 5) is 0. The number of allylic oxidation sites excluding steroid dienone is 2. The Kier molecular flexibility index (Phi) is 8.73. The number of ether oxygens (including phenoxy) is 1. The molecule has 0 radical (unpaired) electrons. The number of hydrogen-bond donors (Lipinski definition) is 2. The minimum Gasteiger partial charge on any atom is -0.512 e. The van der Waals surface area contributed by atoms with Gasteiger partial charge in [0.2, 0.25) is 0 Å². The van der Waals surface area contributed by atoms with E-state index >= 15 is 0 Å². The predicted molar refractivity (Wildman–Crippen MR) is 61.6 cm³/mol. The van der Waals surface area contributed by atoms with Crippen LogP contribution < -0.4 is 0 Å². The van der Waals surface area contributed by atoms with E-state index in [1.54, 1.807) is 0 Å². The van der Waals surface area contributed by atoms with Crippen LogP contribution in [0.4, 0.5) is 0 Å². The fourth-order valence-corrected chi connectivity index (χ4v) is 1.15. The topological polar surface area (TPSA) is 49.7 Å². The van der Waals surface area contributed by atoms with Crippen molar-refractivity contribution in [3.8, 4) is 0 Å². The average molecular weight is 214 g/mol. The normalized spacial score (nSPS) is 12.9. The molecule has 0 saturated carbocycles. The summed E-state index contributed by atoms with van der Waals surface area (Å²) in [5, 5.41) is 17.9. The number of aliphatic hydroxyl groups excluding tert-OH is 2. The van der Waals surface area contributed by atoms with Gasteiger partial charge in [-0.1, -0.05) is 26.7 Å². The van der Waals surface area contributed by atoms with Crippen molar-refractivity contribution in [2.75, 3.05) is 0 Å². The van der Waals surface area contributed by atoms with Gasteiger partial charge in [-0.05, 0) is 12.8 Å². The highest BCUT2D eigenvalue weighted by Crippen LogP contribution is 2.16. The van der Waals surface area contributed by atoms with Gasteiger partial charge in [0, 0.05) is 12.8 Å². The Morgan fingerprint density at radius 1 is 0.933 bits per heavy atom. The van der Waals surface area contributed by atoms with Crippen molar-refractivity contribution in [3.05, 3.63) is 24.0 Å². The molecule has 0 aliphatic heterocycles. The molecule has 0 aromatic rings. The first-order chi connectivity index (χ1) is 7.28. The van der Waals surface area contributed by atoms with E-state index in [-0.39, 0.29) is 0 Å². The standard InChI is InChI=1S/C12H22O3/c1-3-5-7-11(9-13)15-12(10-14)8-6-4-2/h9-10,13-14H,3-8H2,1-2H3/b11-9-,12-10-. The van der Waals surface area contributed by atoms with Gasteiger partial charge >= 0.3 is 0 Å². The smallest absolute Gasteiger partial charge is 0.138 e. The highest BCUT2D eigenvalue weighted by atomic mass is 16.5. The van der Waals surface area contributed by atoms with Crippen molar-refractivity contribution < 1.29 is 14.9 Å². The van der Waals surface area contributed by atoms with Crippen molar-refractivity contribution >= 4 is 0 Å². The van der Waals surface area contributed by atoms with Crippen molar-refractivity contribution in [3.63, 3.8) is 0 Å². The Hall–Kier alpha value is -1.12. The zero-order valence-corrected chi connectivity index (χ0v) is 9.70. The van der Waals surface area contributed by atoms with Gasteiger partial charge in [0.05, 0.1) is 0 Å². The Balaban J connectivity index is 4.02. The average Bonchev–Trinajstić information content (AvgIpc) is 2.28. The number of unbranched alkanes of at least 4 members (excludes halogenated alkanes) is 2. The van der Waals surface area contributed by atoms with Gasteiger partial charge in [0.25, 0.3) is 0 Å². The van der Waals surface area contributed by atoms with Gasteiger partial charge in [-0.3, -0.25) is 0 Å². The van der Waals surface area contributed by atoms with Gasteiger partial charge in [-0.15, -0.1) is 0 Å². The molecule has 0 aliphatic carbocycles. The molecule has 0 fully saturated rings. The van der Waals surface area contributed by atoms with E-state index in [0.717, 1.165) is 38.2 Å². The monoisotopic (exact) mass is 214 g/mol. The van der Waals surface area contributed by atoms with Crippen LogP contribution in [-0.4, -0.2) is 10.2 Å². The summed E-state index contributed by atoms with van der Waals surface area (Å²) < 4.78 is 5.38. The van der Waals surface area contributed by atoms with Crippen molar-refractivity contribution in [2.45, 2.75) is 52.4 Å². The van der Waals surface area contributed by atoms with Crippen molar-refractivity contribution in [1.29, 1.82) is 0 Å². The lowest BCUT2D eigenvalue weighted by Crippen LogP contribution is -1.95. The zero-order valence-electron chi connectivity index (χ0n) is 9.70. The minimum atomic E-state index is 0.522. The van der Waals surface area contributed by atoms with Crippen molar-refractivity contribution in [1.82, 2.24) is 0 Å². The number of hydrogen-bond acceptors (Lipinski definition) is 3. The highest BCUT2D eigenvalue weighted by molar-refractivity contribution is 4.96. The molecular weight excluding hydrogens is 192 g/mol. The maximum atomic E-state index is 8.93. The molecule has 0 aromatic carbocycles. The molecule has 0 aliphatic rings. The lowest BCUT2D eigenvalue weighted by Gasteiger charge is -2.10. The van der Waals surface area contributed by atoms with Crippen LogP contribution in [0, 0.1) is 0 Å². The van der Waals surface area contributed by atoms with E-state index in [1.165, 1.54) is 0 Å². The van der Waals surface area contributed by atoms with Crippen LogP contribution in [0.1, 0.15) is 52.4 Å². The molecule has 15 heavy (non-hydrogen) atoms. The first kappa shape index (κ1) is 13.9. The molecule has 0 bridgehead atoms. The lowest BCUT2D eigenvalue weighted by atomic mass is 10.2. The van der Waals surface area contributed by atoms with E-state index in [4.69, 9.17) is 14.9 Å². The summed E-state index contributed by atoms with van der Waals surface area (Å²) in [6, 6.07) is 0. The summed E-state index contributed by atoms with van der Waals surface area (Å²) in [6.45, 7) is 4.16. The van der Waals surface area contributed by atoms with Crippen molar-refractivity contribution in [2.24, 2.45) is 0 Å². The third-order valence-electron chi connectivity index (χ3n) is 2.10. The number of aliphatic hydroxyl groups is 2. The summed E-state index contributed by atoms with van der Waals surface area (Å²) in [6.07, 6.45) is 7.41. The van der Waals surface area contributed by atoms with Crippen LogP contribution in [0.15, 0.2) is 24.0 Å². The van der Waals surface area contributed by atoms with Crippen LogP contribution in [-0.2, 0) is 4.74 Å². The summed E-state index contributed by atoms with van der Waals surface area (Å²) in [5.74, 6) is 1.04. The van der Waals surface area contributed by atoms with Gasteiger partial charge in [0.1, 0.15) is 24.0 Å². The molecule has 0 amide bonds. The second-order valence-corrected chi connectivity index (χ2v) is 3.50. The first-order valence-corrected chi connectivity index (χ1v) is 5.62. The van der Waals surface area contributed by atoms with E-state index in [0.29, 0.717) is 24.4 Å². The van der Waals surface area contributed by atoms with E-state index in [2.05, 4.69) is 13.8 Å². The van der Waals surface area contributed by atoms with Crippen LogP contribution in [0.2, 0.25) is 0 Å². The first-order valence-electron chi connectivity index (χ1n) is 5.62. The summed E-state index contributed by atoms with van der Waals surface area (Å²) >= 11 is 0. The van der Waals surface area contributed by atoms with Gasteiger partial charge < -0.3 is 14.9 Å². The maximum Gasteiger partial charge on any atom is 0.138 e. The predicted octanol–water partition coefficient (Wildman–Crippen LogP) is 4.18. The van der Waals surface area contributed by atoms with Crippen LogP contribution in [0.5, 0.6) is 0 Å². The largest absolute Gasteiger partial charge is 0.512 e. The summed E-state index contributed by atoms with van der Waals surface area (Å²) in [5.41, 5.74) is 0. The Morgan fingerprint density at radius 2 is 1.33 bits per heavy atom. The highest BCUT2D eigenvalue weighted by Gasteiger charge is 2.03. The van der Waals surface area contributed by atoms with E-state index in [9.17, 15) is 0 Å². The second kappa shape index (κ2) is 9.44. The molecule has 0 atom stereocenters. The van der Waals surface area contributed by atoms with Gasteiger partial charge in [-0.2, -0.15) is 0 Å².